The van der Waals surface area contributed by atoms with E-state index in [1.807, 2.05) is 101 Å². The highest BCUT2D eigenvalue weighted by atomic mass is 32.2. The molecule has 4 aromatic rings. The highest BCUT2D eigenvalue weighted by Gasteiger charge is 2.44. The lowest BCUT2D eigenvalue weighted by atomic mass is 9.84. The quantitative estimate of drug-likeness (QED) is 0.0920. The number of aryl methyl sites for hydroxylation is 1. The molecule has 0 unspecified atom stereocenters. The number of carbonyl (C=O) groups excluding carboxylic acids is 2. The monoisotopic (exact) mass is 745 g/mol. The molecule has 284 valence electrons. The van der Waals surface area contributed by atoms with Crippen molar-refractivity contribution >= 4 is 39.2 Å². The van der Waals surface area contributed by atoms with Gasteiger partial charge in [-0.15, -0.1) is 0 Å². The number of sulfonamides is 1. The van der Waals surface area contributed by atoms with Crippen molar-refractivity contribution in [2.75, 3.05) is 26.2 Å². The number of nitrogens with one attached hydrogen (secondary N) is 1. The lowest BCUT2D eigenvalue weighted by molar-refractivity contribution is -0.130. The van der Waals surface area contributed by atoms with Gasteiger partial charge < -0.3 is 30.0 Å². The van der Waals surface area contributed by atoms with Crippen LogP contribution >= 0.6 is 0 Å². The van der Waals surface area contributed by atoms with Gasteiger partial charge in [0.15, 0.2) is 0 Å². The van der Waals surface area contributed by atoms with E-state index in [4.69, 9.17) is 10.2 Å². The van der Waals surface area contributed by atoms with E-state index in [1.54, 1.807) is 9.80 Å². The molecule has 0 bridgehead atoms. The molecule has 0 radical (unpaired) electrons. The minimum absolute atomic E-state index is 0.0209. The number of aliphatic hydroxyl groups excluding tert-OH is 1. The second-order valence-corrected chi connectivity index (χ2v) is 17.1. The SMILES string of the molecule is CC(C)CN(C[C@@H](O)[C@H](Cc1ccccc1)NC(=O)[C@@H](N1CCN(Cc2nc3ccccc3n2C)C1=O)C(C)(C)C)S(=O)(=O)c1ccc(C=NO)cc1. The normalized spacial score (nSPS) is 15.9. The van der Waals surface area contributed by atoms with Gasteiger partial charge in [0, 0.05) is 33.2 Å². The molecule has 5 rings (SSSR count). The zero-order valence-corrected chi connectivity index (χ0v) is 32.1. The van der Waals surface area contributed by atoms with E-state index in [-0.39, 0.29) is 42.9 Å². The molecular weight excluding hydrogens is 695 g/mol. The second-order valence-electron chi connectivity index (χ2n) is 15.1. The minimum Gasteiger partial charge on any atom is -0.411 e. The lowest BCUT2D eigenvalue weighted by Crippen LogP contribution is -2.59. The average Bonchev–Trinajstić information content (AvgIpc) is 3.62. The highest BCUT2D eigenvalue weighted by Crippen LogP contribution is 2.29. The summed E-state index contributed by atoms with van der Waals surface area (Å²) >= 11 is 0. The lowest BCUT2D eigenvalue weighted by Gasteiger charge is -2.38. The number of aromatic nitrogens is 2. The molecule has 0 aliphatic carbocycles. The van der Waals surface area contributed by atoms with Crippen LogP contribution in [0.15, 0.2) is 88.9 Å². The summed E-state index contributed by atoms with van der Waals surface area (Å²) in [6.07, 6.45) is 0.114. The van der Waals surface area contributed by atoms with Crippen LogP contribution in [0, 0.1) is 11.3 Å². The van der Waals surface area contributed by atoms with Gasteiger partial charge in [-0.1, -0.05) is 94.4 Å². The van der Waals surface area contributed by atoms with Crippen LogP contribution in [0.1, 0.15) is 51.6 Å². The van der Waals surface area contributed by atoms with Gasteiger partial charge in [-0.2, -0.15) is 4.31 Å². The van der Waals surface area contributed by atoms with Crippen molar-refractivity contribution in [1.82, 2.24) is 29.0 Å². The average molecular weight is 746 g/mol. The molecule has 3 atom stereocenters. The number of carbonyl (C=O) groups is 2. The number of fused-ring (bicyclic) bond motifs is 1. The molecule has 1 aliphatic heterocycles. The Bertz CT molecular complexity index is 2010. The van der Waals surface area contributed by atoms with E-state index in [1.165, 1.54) is 34.8 Å². The van der Waals surface area contributed by atoms with Crippen molar-refractivity contribution in [1.29, 1.82) is 0 Å². The van der Waals surface area contributed by atoms with E-state index in [0.29, 0.717) is 18.7 Å². The molecule has 1 aliphatic rings. The van der Waals surface area contributed by atoms with E-state index in [2.05, 4.69) is 10.5 Å². The molecule has 14 heteroatoms. The van der Waals surface area contributed by atoms with E-state index in [0.717, 1.165) is 22.4 Å². The third kappa shape index (κ3) is 9.24. The van der Waals surface area contributed by atoms with Crippen molar-refractivity contribution in [2.24, 2.45) is 23.5 Å². The summed E-state index contributed by atoms with van der Waals surface area (Å²) in [5.41, 5.74) is 2.48. The summed E-state index contributed by atoms with van der Waals surface area (Å²) in [5.74, 6) is 0.230. The number of hydrogen-bond acceptors (Lipinski definition) is 8. The van der Waals surface area contributed by atoms with Crippen LogP contribution in [0.2, 0.25) is 0 Å². The number of amides is 3. The van der Waals surface area contributed by atoms with Gasteiger partial charge in [0.1, 0.15) is 11.9 Å². The molecule has 13 nitrogen and oxygen atoms in total. The van der Waals surface area contributed by atoms with Gasteiger partial charge in [0.2, 0.25) is 15.9 Å². The van der Waals surface area contributed by atoms with Crippen LogP contribution in [-0.4, -0.2) is 105 Å². The van der Waals surface area contributed by atoms with Crippen LogP contribution < -0.4 is 5.32 Å². The number of benzene rings is 3. The number of nitrogens with zero attached hydrogens (tertiary/aromatic N) is 6. The summed E-state index contributed by atoms with van der Waals surface area (Å²) in [6.45, 7) is 10.3. The first-order chi connectivity index (χ1) is 25.1. The van der Waals surface area contributed by atoms with Crippen molar-refractivity contribution < 1.29 is 28.3 Å². The van der Waals surface area contributed by atoms with Crippen LogP contribution in [0.4, 0.5) is 4.79 Å². The zero-order valence-electron chi connectivity index (χ0n) is 31.3. The largest absolute Gasteiger partial charge is 0.411 e. The molecule has 1 fully saturated rings. The smallest absolute Gasteiger partial charge is 0.321 e. The highest BCUT2D eigenvalue weighted by molar-refractivity contribution is 7.89. The van der Waals surface area contributed by atoms with Crippen molar-refractivity contribution in [3.05, 3.63) is 95.8 Å². The maximum absolute atomic E-state index is 14.4. The molecule has 3 aromatic carbocycles. The molecule has 1 saturated heterocycles. The fourth-order valence-corrected chi connectivity index (χ4v) is 8.49. The Morgan fingerprint density at radius 3 is 2.28 bits per heavy atom. The summed E-state index contributed by atoms with van der Waals surface area (Å²) in [5, 5.41) is 26.8. The summed E-state index contributed by atoms with van der Waals surface area (Å²) in [6, 6.07) is 21.0. The van der Waals surface area contributed by atoms with Crippen LogP contribution in [0.3, 0.4) is 0 Å². The first kappa shape index (κ1) is 39.4. The number of oxime groups is 1. The fraction of sp³-hybridized carbons (Fsp3) is 0.436. The molecule has 2 heterocycles. The van der Waals surface area contributed by atoms with E-state index in [9.17, 15) is 23.1 Å². The number of imidazole rings is 1. The van der Waals surface area contributed by atoms with Crippen molar-refractivity contribution in [2.45, 2.75) is 70.7 Å². The maximum atomic E-state index is 14.4. The third-order valence-corrected chi connectivity index (χ3v) is 11.3. The summed E-state index contributed by atoms with van der Waals surface area (Å²) < 4.78 is 31.1. The standard InChI is InChI=1S/C39H51N7O6S/c1-27(2)24-45(53(51,52)30-18-16-29(17-19-30)23-40-50)25-34(47)32(22-28-12-8-7-9-13-28)42-37(48)36(39(3,4)5)46-21-20-44(38(46)49)26-35-41-31-14-10-11-15-33(31)43(35)6/h7-19,23,27,32,34,36,47,50H,20-22,24-26H2,1-6H3,(H,42,48)/t32-,34+,36+/m0/s1. The molecule has 3 amide bonds. The van der Waals surface area contributed by atoms with Gasteiger partial charge >= 0.3 is 6.03 Å². The second kappa shape index (κ2) is 16.5. The molecule has 1 aromatic heterocycles. The predicted molar refractivity (Wildman–Crippen MR) is 204 cm³/mol. The number of rotatable bonds is 15. The van der Waals surface area contributed by atoms with Crippen LogP contribution in [0.5, 0.6) is 0 Å². The first-order valence-electron chi connectivity index (χ1n) is 17.9. The Balaban J connectivity index is 1.39. The van der Waals surface area contributed by atoms with Gasteiger partial charge in [0.25, 0.3) is 0 Å². The Labute approximate surface area is 312 Å². The third-order valence-electron chi connectivity index (χ3n) is 9.49. The molecule has 0 spiro atoms. The van der Waals surface area contributed by atoms with E-state index < -0.39 is 39.5 Å². The van der Waals surface area contributed by atoms with Gasteiger partial charge in [-0.25, -0.2) is 18.2 Å². The number of hydrogen-bond donors (Lipinski definition) is 3. The minimum atomic E-state index is -4.07. The van der Waals surface area contributed by atoms with Gasteiger partial charge in [-0.3, -0.25) is 4.79 Å². The Morgan fingerprint density at radius 1 is 1.00 bits per heavy atom. The summed E-state index contributed by atoms with van der Waals surface area (Å²) in [7, 11) is -2.15. The molecular formula is C39H51N7O6S. The van der Waals surface area contributed by atoms with Gasteiger partial charge in [-0.05, 0) is 53.1 Å². The number of aliphatic hydroxyl groups is 1. The Kier molecular flexibility index (Phi) is 12.3. The molecule has 53 heavy (non-hydrogen) atoms. The van der Waals surface area contributed by atoms with Gasteiger partial charge in [0.05, 0.1) is 40.8 Å². The Hall–Kier alpha value is -4.79. The van der Waals surface area contributed by atoms with Crippen LogP contribution in [-0.2, 0) is 34.8 Å². The van der Waals surface area contributed by atoms with Crippen molar-refractivity contribution in [3.63, 3.8) is 0 Å². The van der Waals surface area contributed by atoms with Crippen LogP contribution in [0.25, 0.3) is 11.0 Å². The zero-order chi connectivity index (χ0) is 38.5. The number of urea groups is 1. The number of para-hydroxylation sites is 2. The maximum Gasteiger partial charge on any atom is 0.321 e. The Morgan fingerprint density at radius 2 is 1.66 bits per heavy atom. The fourth-order valence-electron chi connectivity index (χ4n) is 6.87. The van der Waals surface area contributed by atoms with Crippen molar-refractivity contribution in [3.8, 4) is 0 Å². The first-order valence-corrected chi connectivity index (χ1v) is 19.3. The predicted octanol–water partition coefficient (Wildman–Crippen LogP) is 4.47. The molecule has 3 N–H and O–H groups in total. The summed E-state index contributed by atoms with van der Waals surface area (Å²) in [4.78, 5) is 36.4. The topological polar surface area (TPSA) is 161 Å². The molecule has 0 saturated carbocycles. The van der Waals surface area contributed by atoms with E-state index >= 15 is 0 Å².